The third kappa shape index (κ3) is 9.60. The van der Waals surface area contributed by atoms with Crippen molar-refractivity contribution in [1.29, 1.82) is 0 Å². The number of ether oxygens (including phenoxy) is 2. The van der Waals surface area contributed by atoms with E-state index in [1.165, 1.54) is 72.6 Å². The first-order valence-corrected chi connectivity index (χ1v) is 36.2. The van der Waals surface area contributed by atoms with Gasteiger partial charge in [0.15, 0.2) is 0 Å². The van der Waals surface area contributed by atoms with Crippen molar-refractivity contribution in [2.75, 3.05) is 13.2 Å². The number of fused-ring (bicyclic) bond motifs is 1. The fourth-order valence-corrected chi connectivity index (χ4v) is 20.6. The quantitative estimate of drug-likeness (QED) is 0.158. The molecule has 0 amide bonds. The second-order valence-electron chi connectivity index (χ2n) is 12.6. The predicted octanol–water partition coefficient (Wildman–Crippen LogP) is 9.81. The summed E-state index contributed by atoms with van der Waals surface area (Å²) in [5.41, 5.74) is 0. The number of hydrogen-bond donors (Lipinski definition) is 0. The van der Waals surface area contributed by atoms with Crippen molar-refractivity contribution in [2.45, 2.75) is 117 Å². The van der Waals surface area contributed by atoms with E-state index in [2.05, 4.69) is 75.2 Å². The van der Waals surface area contributed by atoms with Gasteiger partial charge in [0.25, 0.3) is 0 Å². The fraction of sp³-hybridized carbons (Fsp3) is 0.793. The molecule has 1 aliphatic rings. The number of hydrogen-bond acceptors (Lipinski definition) is 4. The Balaban J connectivity index is 2.38. The van der Waals surface area contributed by atoms with Crippen molar-refractivity contribution in [1.82, 2.24) is 0 Å². The van der Waals surface area contributed by atoms with E-state index in [9.17, 15) is 0 Å². The van der Waals surface area contributed by atoms with Gasteiger partial charge in [-0.3, -0.25) is 0 Å². The summed E-state index contributed by atoms with van der Waals surface area (Å²) in [6.45, 7) is 11.0. The zero-order chi connectivity index (χ0) is 26.2. The first-order chi connectivity index (χ1) is 16.5. The van der Waals surface area contributed by atoms with Crippen LogP contribution in [0.4, 0.5) is 0 Å². The Hall–Kier alpha value is 0.987. The van der Waals surface area contributed by atoms with E-state index >= 15 is 0 Å². The van der Waals surface area contributed by atoms with Crippen molar-refractivity contribution in [3.63, 3.8) is 0 Å². The zero-order valence-electron chi connectivity index (χ0n) is 24.5. The summed E-state index contributed by atoms with van der Waals surface area (Å²) in [6.07, 6.45) is 12.6. The van der Waals surface area contributed by atoms with Crippen molar-refractivity contribution < 1.29 is 9.47 Å². The predicted molar refractivity (Wildman–Crippen MR) is 166 cm³/mol. The molecule has 0 radical (unpaired) electrons. The van der Waals surface area contributed by atoms with Gasteiger partial charge in [-0.15, -0.1) is 0 Å². The number of thioether (sulfide) groups is 1. The van der Waals surface area contributed by atoms with Crippen molar-refractivity contribution in [2.24, 2.45) is 11.8 Å². The number of thiophene rings is 1. The van der Waals surface area contributed by atoms with Crippen LogP contribution in [-0.4, -0.2) is 53.2 Å². The van der Waals surface area contributed by atoms with Crippen molar-refractivity contribution in [3.05, 3.63) is 10.6 Å². The van der Waals surface area contributed by atoms with Crippen LogP contribution < -0.4 is 7.63 Å². The molecule has 202 valence electrons. The average molecular weight is 736 g/mol. The van der Waals surface area contributed by atoms with Gasteiger partial charge in [0.2, 0.25) is 0 Å². The first-order valence-electron chi connectivity index (χ1n) is 14.3. The molecule has 0 fully saturated rings. The van der Waals surface area contributed by atoms with Crippen LogP contribution in [0.5, 0.6) is 5.75 Å². The fourth-order valence-electron chi connectivity index (χ4n) is 4.56. The zero-order valence-corrected chi connectivity index (χ0v) is 31.9. The molecule has 2 heterocycles. The SMILES string of the molecule is CCCCC(CC)COC1=Cc2s[c]([Sn]([CH3])([CH3])[CH3])c(OCC(CC)CCCC)c2S[CH]1[Sn]([CH3])([CH3])[CH3]. The van der Waals surface area contributed by atoms with Gasteiger partial charge in [-0.2, -0.15) is 0 Å². The molecule has 3 unspecified atom stereocenters. The van der Waals surface area contributed by atoms with Gasteiger partial charge in [0.05, 0.1) is 0 Å². The van der Waals surface area contributed by atoms with Crippen LogP contribution in [0.25, 0.3) is 6.08 Å². The van der Waals surface area contributed by atoms with Crippen LogP contribution >= 0.6 is 23.1 Å². The van der Waals surface area contributed by atoms with Crippen molar-refractivity contribution >= 4 is 68.8 Å². The molecule has 0 aliphatic carbocycles. The van der Waals surface area contributed by atoms with Crippen LogP contribution in [0.1, 0.15) is 83.9 Å². The topological polar surface area (TPSA) is 18.5 Å². The van der Waals surface area contributed by atoms with E-state index in [0.29, 0.717) is 15.1 Å². The van der Waals surface area contributed by atoms with Crippen LogP contribution in [0.2, 0.25) is 29.6 Å². The molecular formula is C29H54O2S2Sn2. The Morgan fingerprint density at radius 3 is 1.83 bits per heavy atom. The van der Waals surface area contributed by atoms with E-state index in [4.69, 9.17) is 9.47 Å². The number of rotatable bonds is 16. The normalized spacial score (nSPS) is 18.1. The third-order valence-corrected chi connectivity index (χ3v) is 29.9. The molecule has 35 heavy (non-hydrogen) atoms. The molecule has 0 N–H and O–H groups in total. The summed E-state index contributed by atoms with van der Waals surface area (Å²) in [7, 11) is 0. The summed E-state index contributed by atoms with van der Waals surface area (Å²) in [6, 6.07) is 0. The van der Waals surface area contributed by atoms with Gasteiger partial charge in [0, 0.05) is 0 Å². The Kier molecular flexibility index (Phi) is 13.8. The molecule has 1 aromatic heterocycles. The van der Waals surface area contributed by atoms with Crippen LogP contribution in [-0.2, 0) is 4.74 Å². The van der Waals surface area contributed by atoms with Gasteiger partial charge in [-0.25, -0.2) is 0 Å². The van der Waals surface area contributed by atoms with Gasteiger partial charge in [-0.1, -0.05) is 0 Å². The van der Waals surface area contributed by atoms with Crippen LogP contribution in [0, 0.1) is 11.8 Å². The summed E-state index contributed by atoms with van der Waals surface area (Å²) in [5, 5.41) is 0. The van der Waals surface area contributed by atoms with Crippen LogP contribution in [0.3, 0.4) is 0 Å². The summed E-state index contributed by atoms with van der Waals surface area (Å²) in [5.74, 6) is 3.90. The van der Waals surface area contributed by atoms with E-state index in [0.717, 1.165) is 13.2 Å². The van der Waals surface area contributed by atoms with Gasteiger partial charge >= 0.3 is 237 Å². The molecule has 1 aliphatic heterocycles. The van der Waals surface area contributed by atoms with E-state index in [1.54, 1.807) is 2.89 Å². The van der Waals surface area contributed by atoms with Crippen molar-refractivity contribution in [3.8, 4) is 5.75 Å². The monoisotopic (exact) mass is 738 g/mol. The molecule has 3 atom stereocenters. The standard InChI is InChI=1S/C23H36O2S2.6CH3.2Sn/c1-5-9-11-18(7-3)14-24-20-13-22-23(27-16-20)21(17-26-22)25-15-19(8-4)12-10-6-2;;;;;;;;/h13,16,18-19H,5-12,14-15H2,1-4H3;6*1H3;;. The third-order valence-electron chi connectivity index (χ3n) is 7.12. The summed E-state index contributed by atoms with van der Waals surface area (Å²) >= 11 is -0.511. The van der Waals surface area contributed by atoms with Gasteiger partial charge < -0.3 is 0 Å². The summed E-state index contributed by atoms with van der Waals surface area (Å²) < 4.78 is 15.6. The Morgan fingerprint density at radius 1 is 0.829 bits per heavy atom. The molecule has 1 aromatic rings. The van der Waals surface area contributed by atoms with Crippen LogP contribution in [0.15, 0.2) is 10.7 Å². The maximum atomic E-state index is 6.80. The Morgan fingerprint density at radius 2 is 1.37 bits per heavy atom. The molecule has 0 saturated carbocycles. The average Bonchev–Trinajstić information content (AvgIpc) is 3.16. The van der Waals surface area contributed by atoms with Gasteiger partial charge in [0.1, 0.15) is 0 Å². The second kappa shape index (κ2) is 15.0. The minimum absolute atomic E-state index is 0.530. The van der Waals surface area contributed by atoms with E-state index in [1.807, 2.05) is 11.3 Å². The molecule has 0 bridgehead atoms. The number of unbranched alkanes of at least 4 members (excludes halogenated alkanes) is 2. The first kappa shape index (κ1) is 32.2. The molecule has 0 spiro atoms. The molecule has 2 rings (SSSR count). The van der Waals surface area contributed by atoms with E-state index in [-0.39, 0.29) is 0 Å². The maximum absolute atomic E-state index is 6.80. The molecular weight excluding hydrogens is 682 g/mol. The Labute approximate surface area is 234 Å². The molecule has 2 nitrogen and oxygen atoms in total. The molecule has 0 aromatic carbocycles. The Bertz CT molecular complexity index is 805. The van der Waals surface area contributed by atoms with E-state index < -0.39 is 36.8 Å². The second-order valence-corrected chi connectivity index (χ2v) is 46.4. The molecule has 6 heteroatoms. The summed E-state index contributed by atoms with van der Waals surface area (Å²) in [4.78, 5) is 18.2. The minimum atomic E-state index is -2.34. The molecule has 0 saturated heterocycles. The van der Waals surface area contributed by atoms with Gasteiger partial charge in [-0.05, 0) is 0 Å².